The van der Waals surface area contributed by atoms with Crippen LogP contribution in [0.2, 0.25) is 0 Å². The van der Waals surface area contributed by atoms with Crippen LogP contribution < -0.4 is 4.74 Å². The number of hydrogen-bond donors (Lipinski definition) is 0. The van der Waals surface area contributed by atoms with E-state index in [0.717, 1.165) is 43.5 Å². The van der Waals surface area contributed by atoms with Gasteiger partial charge in [0, 0.05) is 37.8 Å². The van der Waals surface area contributed by atoms with E-state index < -0.39 is 0 Å². The van der Waals surface area contributed by atoms with Gasteiger partial charge in [0.1, 0.15) is 12.4 Å². The predicted octanol–water partition coefficient (Wildman–Crippen LogP) is 2.95. The van der Waals surface area contributed by atoms with Crippen molar-refractivity contribution in [3.05, 3.63) is 42.5 Å². The predicted molar refractivity (Wildman–Crippen MR) is 91.9 cm³/mol. The first-order chi connectivity index (χ1) is 11.3. The fourth-order valence-corrected chi connectivity index (χ4v) is 3.59. The molecule has 1 aromatic rings. The first-order valence-corrected chi connectivity index (χ1v) is 8.65. The minimum Gasteiger partial charge on any atom is -0.490 e. The van der Waals surface area contributed by atoms with E-state index in [9.17, 15) is 4.79 Å². The number of benzene rings is 1. The van der Waals surface area contributed by atoms with Crippen LogP contribution in [-0.4, -0.2) is 54.5 Å². The van der Waals surface area contributed by atoms with Gasteiger partial charge in [-0.3, -0.25) is 9.69 Å². The summed E-state index contributed by atoms with van der Waals surface area (Å²) in [6, 6.07) is 8.17. The molecule has 0 bridgehead atoms. The Balaban J connectivity index is 1.53. The fraction of sp³-hybridized carbons (Fsp3) is 0.526. The molecule has 1 aromatic carbocycles. The van der Waals surface area contributed by atoms with Gasteiger partial charge in [0.25, 0.3) is 5.91 Å². The van der Waals surface area contributed by atoms with Gasteiger partial charge in [0.2, 0.25) is 0 Å². The smallest absolute Gasteiger partial charge is 0.253 e. The molecule has 0 N–H and O–H groups in total. The van der Waals surface area contributed by atoms with Gasteiger partial charge in [-0.05, 0) is 37.1 Å². The van der Waals surface area contributed by atoms with E-state index in [1.54, 1.807) is 6.08 Å². The Morgan fingerprint density at radius 1 is 1.13 bits per heavy atom. The monoisotopic (exact) mass is 314 g/mol. The second-order valence-electron chi connectivity index (χ2n) is 6.39. The molecule has 0 spiro atoms. The van der Waals surface area contributed by atoms with Crippen LogP contribution in [0, 0.1) is 0 Å². The summed E-state index contributed by atoms with van der Waals surface area (Å²) in [5.74, 6) is 0.902. The molecule has 0 unspecified atom stereocenters. The normalized spacial score (nSPS) is 19.7. The maximum absolute atomic E-state index is 12.6. The molecule has 2 aliphatic rings. The summed E-state index contributed by atoms with van der Waals surface area (Å²) in [5.41, 5.74) is 0.741. The zero-order chi connectivity index (χ0) is 16.1. The molecule has 1 heterocycles. The van der Waals surface area contributed by atoms with Crippen LogP contribution in [0.3, 0.4) is 0 Å². The van der Waals surface area contributed by atoms with Gasteiger partial charge in [0.15, 0.2) is 0 Å². The van der Waals surface area contributed by atoms with Crippen molar-refractivity contribution in [2.24, 2.45) is 0 Å². The summed E-state index contributed by atoms with van der Waals surface area (Å²) in [6.07, 6.45) is 7.11. The van der Waals surface area contributed by atoms with Gasteiger partial charge >= 0.3 is 0 Å². The van der Waals surface area contributed by atoms with E-state index in [0.29, 0.717) is 6.61 Å². The molecule has 0 atom stereocenters. The number of rotatable bonds is 5. The molecule has 2 fully saturated rings. The Kier molecular flexibility index (Phi) is 5.34. The molecule has 4 nitrogen and oxygen atoms in total. The number of nitrogens with zero attached hydrogens (tertiary/aromatic N) is 2. The highest BCUT2D eigenvalue weighted by Gasteiger charge is 2.28. The quantitative estimate of drug-likeness (QED) is 0.783. The molecule has 1 aliphatic carbocycles. The zero-order valence-corrected chi connectivity index (χ0v) is 13.7. The van der Waals surface area contributed by atoms with Crippen LogP contribution in [0.15, 0.2) is 36.9 Å². The van der Waals surface area contributed by atoms with Crippen molar-refractivity contribution in [3.8, 4) is 5.75 Å². The lowest BCUT2D eigenvalue weighted by atomic mass is 10.1. The van der Waals surface area contributed by atoms with Crippen LogP contribution in [0.1, 0.15) is 36.0 Å². The first kappa shape index (κ1) is 16.1. The fourth-order valence-electron chi connectivity index (χ4n) is 3.59. The summed E-state index contributed by atoms with van der Waals surface area (Å²) in [7, 11) is 0. The minimum absolute atomic E-state index is 0.131. The number of carbonyl (C=O) groups excluding carboxylic acids is 1. The minimum atomic E-state index is 0.131. The van der Waals surface area contributed by atoms with Gasteiger partial charge in [-0.1, -0.05) is 25.5 Å². The third-order valence-corrected chi connectivity index (χ3v) is 4.91. The molecule has 4 heteroatoms. The number of hydrogen-bond acceptors (Lipinski definition) is 3. The average molecular weight is 314 g/mol. The van der Waals surface area contributed by atoms with E-state index in [4.69, 9.17) is 4.74 Å². The van der Waals surface area contributed by atoms with E-state index in [1.165, 1.54) is 25.7 Å². The lowest BCUT2D eigenvalue weighted by Crippen LogP contribution is -2.51. The molecule has 124 valence electrons. The second kappa shape index (κ2) is 7.64. The van der Waals surface area contributed by atoms with Crippen molar-refractivity contribution in [2.75, 3.05) is 32.8 Å². The van der Waals surface area contributed by atoms with Crippen LogP contribution >= 0.6 is 0 Å². The lowest BCUT2D eigenvalue weighted by molar-refractivity contribution is 0.0573. The third kappa shape index (κ3) is 3.94. The molecule has 1 aliphatic heterocycles. The Bertz CT molecular complexity index is 527. The molecular formula is C19H26N2O2. The maximum atomic E-state index is 12.6. The van der Waals surface area contributed by atoms with Gasteiger partial charge in [0.05, 0.1) is 0 Å². The van der Waals surface area contributed by atoms with Crippen molar-refractivity contribution in [1.29, 1.82) is 0 Å². The van der Waals surface area contributed by atoms with Crippen LogP contribution in [0.4, 0.5) is 0 Å². The van der Waals surface area contributed by atoms with Crippen LogP contribution in [-0.2, 0) is 0 Å². The van der Waals surface area contributed by atoms with Crippen molar-refractivity contribution in [2.45, 2.75) is 31.7 Å². The SMILES string of the molecule is C=CCOc1ccc(C(=O)N2CCN(C3CCCC3)CC2)cc1. The Labute approximate surface area is 138 Å². The lowest BCUT2D eigenvalue weighted by Gasteiger charge is -2.38. The summed E-state index contributed by atoms with van der Waals surface area (Å²) < 4.78 is 5.46. The standard InChI is InChI=1S/C19H26N2O2/c1-2-15-23-18-9-7-16(8-10-18)19(22)21-13-11-20(12-14-21)17-5-3-4-6-17/h2,7-10,17H,1,3-6,11-15H2. The number of carbonyl (C=O) groups is 1. The Hall–Kier alpha value is -1.81. The van der Waals surface area contributed by atoms with Crippen LogP contribution in [0.5, 0.6) is 5.75 Å². The Morgan fingerprint density at radius 2 is 1.78 bits per heavy atom. The van der Waals surface area contributed by atoms with E-state index >= 15 is 0 Å². The largest absolute Gasteiger partial charge is 0.490 e. The highest BCUT2D eigenvalue weighted by molar-refractivity contribution is 5.94. The van der Waals surface area contributed by atoms with Crippen molar-refractivity contribution >= 4 is 5.91 Å². The first-order valence-electron chi connectivity index (χ1n) is 8.65. The van der Waals surface area contributed by atoms with Crippen molar-refractivity contribution in [1.82, 2.24) is 9.80 Å². The highest BCUT2D eigenvalue weighted by atomic mass is 16.5. The molecule has 1 saturated heterocycles. The molecule has 1 amide bonds. The Morgan fingerprint density at radius 3 is 2.39 bits per heavy atom. The molecule has 1 saturated carbocycles. The second-order valence-corrected chi connectivity index (χ2v) is 6.39. The van der Waals surface area contributed by atoms with E-state index in [2.05, 4.69) is 11.5 Å². The molecular weight excluding hydrogens is 288 g/mol. The maximum Gasteiger partial charge on any atom is 0.253 e. The van der Waals surface area contributed by atoms with Crippen molar-refractivity contribution < 1.29 is 9.53 Å². The molecule has 0 radical (unpaired) electrons. The van der Waals surface area contributed by atoms with Gasteiger partial charge in [-0.15, -0.1) is 0 Å². The number of ether oxygens (including phenoxy) is 1. The third-order valence-electron chi connectivity index (χ3n) is 4.91. The zero-order valence-electron chi connectivity index (χ0n) is 13.7. The summed E-state index contributed by atoms with van der Waals surface area (Å²) in [5, 5.41) is 0. The van der Waals surface area contributed by atoms with Crippen LogP contribution in [0.25, 0.3) is 0 Å². The van der Waals surface area contributed by atoms with E-state index in [-0.39, 0.29) is 5.91 Å². The van der Waals surface area contributed by atoms with Gasteiger partial charge < -0.3 is 9.64 Å². The van der Waals surface area contributed by atoms with Crippen molar-refractivity contribution in [3.63, 3.8) is 0 Å². The molecule has 3 rings (SSSR count). The summed E-state index contributed by atoms with van der Waals surface area (Å²) in [4.78, 5) is 17.2. The summed E-state index contributed by atoms with van der Waals surface area (Å²) >= 11 is 0. The molecule has 0 aromatic heterocycles. The van der Waals surface area contributed by atoms with E-state index in [1.807, 2.05) is 29.2 Å². The van der Waals surface area contributed by atoms with Gasteiger partial charge in [-0.2, -0.15) is 0 Å². The highest BCUT2D eigenvalue weighted by Crippen LogP contribution is 2.24. The number of amides is 1. The molecule has 23 heavy (non-hydrogen) atoms. The number of piperazine rings is 1. The topological polar surface area (TPSA) is 32.8 Å². The average Bonchev–Trinajstić information content (AvgIpc) is 3.14. The summed E-state index contributed by atoms with van der Waals surface area (Å²) in [6.45, 7) is 7.81. The van der Waals surface area contributed by atoms with Gasteiger partial charge in [-0.25, -0.2) is 0 Å².